The summed E-state index contributed by atoms with van der Waals surface area (Å²) < 4.78 is 0. The molecule has 0 aromatic heterocycles. The number of rotatable bonds is 1. The van der Waals surface area contributed by atoms with Gasteiger partial charge in [-0.1, -0.05) is 0 Å². The molecule has 3 atom stereocenters. The van der Waals surface area contributed by atoms with Crippen molar-refractivity contribution in [2.24, 2.45) is 11.8 Å². The van der Waals surface area contributed by atoms with Crippen LogP contribution in [0, 0.1) is 11.8 Å². The molecule has 1 aliphatic heterocycles. The van der Waals surface area contributed by atoms with Crippen molar-refractivity contribution in [3.05, 3.63) is 0 Å². The molecular weight excluding hydrogens is 182 g/mol. The van der Waals surface area contributed by atoms with E-state index in [2.05, 4.69) is 5.32 Å². The number of piperidine rings is 1. The van der Waals surface area contributed by atoms with E-state index in [1.54, 1.807) is 0 Å². The number of hydrogen-bond donors (Lipinski definition) is 2. The standard InChI is InChI=1S/C10H15NO3/c12-8-1-2-9-6(4-8)3-7(5-11-9)10(13)14/h6-7,9,11H,1-5H2,(H,13,14). The molecule has 14 heavy (non-hydrogen) atoms. The van der Waals surface area contributed by atoms with Gasteiger partial charge >= 0.3 is 5.97 Å². The number of carboxylic acids is 1. The zero-order valence-corrected chi connectivity index (χ0v) is 8.03. The number of carbonyl (C=O) groups excluding carboxylic acids is 1. The highest BCUT2D eigenvalue weighted by molar-refractivity contribution is 5.80. The second kappa shape index (κ2) is 3.69. The number of fused-ring (bicyclic) bond motifs is 1. The van der Waals surface area contributed by atoms with E-state index in [9.17, 15) is 9.59 Å². The van der Waals surface area contributed by atoms with Crippen molar-refractivity contribution in [3.8, 4) is 0 Å². The Balaban J connectivity index is 1.99. The number of nitrogens with one attached hydrogen (secondary N) is 1. The molecule has 78 valence electrons. The molecule has 1 saturated heterocycles. The Morgan fingerprint density at radius 1 is 1.50 bits per heavy atom. The maximum Gasteiger partial charge on any atom is 0.307 e. The smallest absolute Gasteiger partial charge is 0.307 e. The lowest BCUT2D eigenvalue weighted by atomic mass is 9.76. The van der Waals surface area contributed by atoms with E-state index < -0.39 is 5.97 Å². The lowest BCUT2D eigenvalue weighted by molar-refractivity contribution is -0.144. The number of carbonyl (C=O) groups is 2. The van der Waals surface area contributed by atoms with Crippen molar-refractivity contribution in [2.75, 3.05) is 6.54 Å². The van der Waals surface area contributed by atoms with Crippen LogP contribution in [0.1, 0.15) is 25.7 Å². The Bertz CT molecular complexity index is 262. The second-order valence-corrected chi connectivity index (χ2v) is 4.33. The van der Waals surface area contributed by atoms with Gasteiger partial charge in [0.05, 0.1) is 5.92 Å². The summed E-state index contributed by atoms with van der Waals surface area (Å²) in [5, 5.41) is 12.1. The van der Waals surface area contributed by atoms with Gasteiger partial charge in [-0.3, -0.25) is 9.59 Å². The molecule has 0 bridgehead atoms. The van der Waals surface area contributed by atoms with Crippen molar-refractivity contribution in [1.82, 2.24) is 5.32 Å². The normalized spacial score (nSPS) is 37.7. The average Bonchev–Trinajstić information content (AvgIpc) is 2.16. The maximum atomic E-state index is 11.2. The van der Waals surface area contributed by atoms with Gasteiger partial charge in [0.15, 0.2) is 0 Å². The zero-order chi connectivity index (χ0) is 10.1. The first-order valence-corrected chi connectivity index (χ1v) is 5.14. The van der Waals surface area contributed by atoms with Crippen molar-refractivity contribution in [2.45, 2.75) is 31.7 Å². The molecule has 4 nitrogen and oxygen atoms in total. The van der Waals surface area contributed by atoms with Gasteiger partial charge in [-0.15, -0.1) is 0 Å². The van der Waals surface area contributed by atoms with Crippen molar-refractivity contribution >= 4 is 11.8 Å². The van der Waals surface area contributed by atoms with Crippen LogP contribution in [0.15, 0.2) is 0 Å². The maximum absolute atomic E-state index is 11.2. The third-order valence-corrected chi connectivity index (χ3v) is 3.36. The second-order valence-electron chi connectivity index (χ2n) is 4.33. The molecule has 2 fully saturated rings. The van der Waals surface area contributed by atoms with Crippen LogP contribution >= 0.6 is 0 Å². The Kier molecular flexibility index (Phi) is 2.54. The van der Waals surface area contributed by atoms with Gasteiger partial charge in [0.25, 0.3) is 0 Å². The Morgan fingerprint density at radius 3 is 3.00 bits per heavy atom. The molecule has 1 saturated carbocycles. The van der Waals surface area contributed by atoms with E-state index >= 15 is 0 Å². The van der Waals surface area contributed by atoms with Gasteiger partial charge in [-0.05, 0) is 18.8 Å². The topological polar surface area (TPSA) is 66.4 Å². The van der Waals surface area contributed by atoms with Crippen LogP contribution in [0.5, 0.6) is 0 Å². The molecule has 0 radical (unpaired) electrons. The fraction of sp³-hybridized carbons (Fsp3) is 0.800. The van der Waals surface area contributed by atoms with Crippen molar-refractivity contribution < 1.29 is 14.7 Å². The predicted octanol–water partition coefficient (Wildman–Crippen LogP) is 0.418. The van der Waals surface area contributed by atoms with E-state index in [0.717, 1.165) is 6.42 Å². The van der Waals surface area contributed by atoms with E-state index in [4.69, 9.17) is 5.11 Å². The molecular formula is C10H15NO3. The van der Waals surface area contributed by atoms with Crippen LogP contribution in [0.3, 0.4) is 0 Å². The summed E-state index contributed by atoms with van der Waals surface area (Å²) >= 11 is 0. The molecule has 1 aliphatic carbocycles. The van der Waals surface area contributed by atoms with Crippen LogP contribution in [0.25, 0.3) is 0 Å². The minimum Gasteiger partial charge on any atom is -0.481 e. The van der Waals surface area contributed by atoms with E-state index in [0.29, 0.717) is 37.6 Å². The van der Waals surface area contributed by atoms with Gasteiger partial charge in [0.2, 0.25) is 0 Å². The highest BCUT2D eigenvalue weighted by Crippen LogP contribution is 2.31. The molecule has 4 heteroatoms. The quantitative estimate of drug-likeness (QED) is 0.639. The summed E-state index contributed by atoms with van der Waals surface area (Å²) in [6.45, 7) is 0.560. The summed E-state index contributed by atoms with van der Waals surface area (Å²) in [5.41, 5.74) is 0. The minimum atomic E-state index is -0.742. The van der Waals surface area contributed by atoms with Crippen molar-refractivity contribution in [3.63, 3.8) is 0 Å². The SMILES string of the molecule is O=C1CCC2NCC(C(=O)O)CC2C1. The van der Waals surface area contributed by atoms with E-state index in [1.807, 2.05) is 0 Å². The molecule has 0 aromatic rings. The first-order valence-electron chi connectivity index (χ1n) is 5.14. The molecule has 2 aliphatic rings. The van der Waals surface area contributed by atoms with Crippen molar-refractivity contribution in [1.29, 1.82) is 0 Å². The summed E-state index contributed by atoms with van der Waals surface area (Å²) in [6, 6.07) is 0.378. The molecule has 1 heterocycles. The number of ketones is 1. The molecule has 0 amide bonds. The van der Waals surface area contributed by atoms with Gasteiger partial charge in [-0.2, -0.15) is 0 Å². The zero-order valence-electron chi connectivity index (χ0n) is 8.03. The summed E-state index contributed by atoms with van der Waals surface area (Å²) in [4.78, 5) is 22.0. The summed E-state index contributed by atoms with van der Waals surface area (Å²) in [6.07, 6.45) is 2.78. The lowest BCUT2D eigenvalue weighted by Gasteiger charge is -2.38. The highest BCUT2D eigenvalue weighted by Gasteiger charge is 2.36. The molecule has 3 unspecified atom stereocenters. The van der Waals surface area contributed by atoms with Gasteiger partial charge in [0.1, 0.15) is 5.78 Å². The van der Waals surface area contributed by atoms with Gasteiger partial charge in [-0.25, -0.2) is 0 Å². The third kappa shape index (κ3) is 1.80. The fourth-order valence-electron chi connectivity index (χ4n) is 2.54. The number of Topliss-reactive ketones (excluding diaryl/α,β-unsaturated/α-hetero) is 1. The summed E-state index contributed by atoms with van der Waals surface area (Å²) in [7, 11) is 0. The van der Waals surface area contributed by atoms with E-state index in [1.165, 1.54) is 0 Å². The Morgan fingerprint density at radius 2 is 2.29 bits per heavy atom. The largest absolute Gasteiger partial charge is 0.481 e. The van der Waals surface area contributed by atoms with Gasteiger partial charge in [0, 0.05) is 25.4 Å². The van der Waals surface area contributed by atoms with Crippen LogP contribution in [0.2, 0.25) is 0 Å². The molecule has 0 aromatic carbocycles. The first kappa shape index (κ1) is 9.65. The van der Waals surface area contributed by atoms with Crippen LogP contribution in [0.4, 0.5) is 0 Å². The van der Waals surface area contributed by atoms with Gasteiger partial charge < -0.3 is 10.4 Å². The monoisotopic (exact) mass is 197 g/mol. The minimum absolute atomic E-state index is 0.256. The number of hydrogen-bond acceptors (Lipinski definition) is 3. The van der Waals surface area contributed by atoms with Crippen LogP contribution in [-0.2, 0) is 9.59 Å². The lowest BCUT2D eigenvalue weighted by Crippen LogP contribution is -2.50. The molecule has 0 spiro atoms. The predicted molar refractivity (Wildman–Crippen MR) is 49.9 cm³/mol. The highest BCUT2D eigenvalue weighted by atomic mass is 16.4. The molecule has 2 N–H and O–H groups in total. The van der Waals surface area contributed by atoms with Crippen LogP contribution < -0.4 is 5.32 Å². The van der Waals surface area contributed by atoms with E-state index in [-0.39, 0.29) is 11.8 Å². The Hall–Kier alpha value is -0.900. The first-order chi connectivity index (χ1) is 6.66. The average molecular weight is 197 g/mol. The number of aliphatic carboxylic acids is 1. The number of carboxylic acid groups (broad SMARTS) is 1. The Labute approximate surface area is 82.7 Å². The fourth-order valence-corrected chi connectivity index (χ4v) is 2.54. The summed E-state index contributed by atoms with van der Waals surface area (Å²) in [5.74, 6) is -0.499. The third-order valence-electron chi connectivity index (χ3n) is 3.36. The van der Waals surface area contributed by atoms with Crippen LogP contribution in [-0.4, -0.2) is 29.4 Å². The molecule has 2 rings (SSSR count).